The van der Waals surface area contributed by atoms with Crippen molar-refractivity contribution in [3.8, 4) is 15.8 Å². The zero-order chi connectivity index (χ0) is 19.6. The Morgan fingerprint density at radius 1 is 1.22 bits per heavy atom. The number of hydrogen-bond donors (Lipinski definition) is 2. The molecule has 0 fully saturated rings. The number of benzene rings is 1. The van der Waals surface area contributed by atoms with E-state index in [1.807, 2.05) is 19.9 Å². The van der Waals surface area contributed by atoms with Crippen molar-refractivity contribution < 1.29 is 14.6 Å². The molecule has 6 nitrogen and oxygen atoms in total. The Balaban J connectivity index is 2.00. The fraction of sp³-hybridized carbons (Fsp3) is 0.250. The summed E-state index contributed by atoms with van der Waals surface area (Å²) in [6.07, 6.45) is 0.786. The SMILES string of the molecule is CCc1c(C)nc(-c2cc(C)c(OC)s2)nc1Nc1ccc(C(=O)O)cc1. The van der Waals surface area contributed by atoms with E-state index >= 15 is 0 Å². The topological polar surface area (TPSA) is 84.3 Å². The molecule has 0 aliphatic rings. The van der Waals surface area contributed by atoms with Crippen molar-refractivity contribution in [3.63, 3.8) is 0 Å². The number of nitrogens with one attached hydrogen (secondary N) is 1. The van der Waals surface area contributed by atoms with E-state index in [0.717, 1.165) is 44.7 Å². The van der Waals surface area contributed by atoms with Gasteiger partial charge >= 0.3 is 5.97 Å². The minimum absolute atomic E-state index is 0.247. The van der Waals surface area contributed by atoms with Gasteiger partial charge in [0.2, 0.25) is 0 Å². The van der Waals surface area contributed by atoms with Crippen LogP contribution in [0.3, 0.4) is 0 Å². The quantitative estimate of drug-likeness (QED) is 0.634. The molecule has 140 valence electrons. The Morgan fingerprint density at radius 3 is 2.48 bits per heavy atom. The fourth-order valence-corrected chi connectivity index (χ4v) is 3.77. The first kappa shape index (κ1) is 18.8. The lowest BCUT2D eigenvalue weighted by Gasteiger charge is -2.13. The lowest BCUT2D eigenvalue weighted by Crippen LogP contribution is -2.05. The van der Waals surface area contributed by atoms with Crippen molar-refractivity contribution in [3.05, 3.63) is 52.7 Å². The van der Waals surface area contributed by atoms with Gasteiger partial charge in [-0.1, -0.05) is 18.3 Å². The van der Waals surface area contributed by atoms with Crippen LogP contribution in [-0.4, -0.2) is 28.2 Å². The summed E-state index contributed by atoms with van der Waals surface area (Å²) < 4.78 is 5.38. The minimum atomic E-state index is -0.946. The molecule has 0 unspecified atom stereocenters. The molecular weight excluding hydrogens is 362 g/mol. The molecule has 27 heavy (non-hydrogen) atoms. The highest BCUT2D eigenvalue weighted by atomic mass is 32.1. The second-order valence-electron chi connectivity index (χ2n) is 6.11. The average Bonchev–Trinajstić information content (AvgIpc) is 3.03. The Kier molecular flexibility index (Phi) is 5.41. The molecule has 0 amide bonds. The van der Waals surface area contributed by atoms with Crippen molar-refractivity contribution in [2.45, 2.75) is 27.2 Å². The largest absolute Gasteiger partial charge is 0.487 e. The predicted molar refractivity (Wildman–Crippen MR) is 107 cm³/mol. The van der Waals surface area contributed by atoms with Gasteiger partial charge in [-0.2, -0.15) is 0 Å². The van der Waals surface area contributed by atoms with Crippen molar-refractivity contribution in [1.82, 2.24) is 9.97 Å². The summed E-state index contributed by atoms with van der Waals surface area (Å²) in [7, 11) is 1.66. The molecule has 0 bridgehead atoms. The molecule has 0 saturated carbocycles. The van der Waals surface area contributed by atoms with Crippen LogP contribution in [-0.2, 0) is 6.42 Å². The summed E-state index contributed by atoms with van der Waals surface area (Å²) in [4.78, 5) is 21.4. The van der Waals surface area contributed by atoms with Gasteiger partial charge in [0.25, 0.3) is 0 Å². The molecule has 2 aromatic heterocycles. The first-order valence-electron chi connectivity index (χ1n) is 8.55. The summed E-state index contributed by atoms with van der Waals surface area (Å²) >= 11 is 1.51. The van der Waals surface area contributed by atoms with Gasteiger partial charge in [-0.3, -0.25) is 0 Å². The number of aromatic carboxylic acids is 1. The molecule has 0 radical (unpaired) electrons. The zero-order valence-corrected chi connectivity index (χ0v) is 16.5. The normalized spacial score (nSPS) is 10.7. The molecule has 2 heterocycles. The Bertz CT molecular complexity index is 981. The van der Waals surface area contributed by atoms with Crippen LogP contribution in [0.25, 0.3) is 10.7 Å². The number of ether oxygens (including phenoxy) is 1. The van der Waals surface area contributed by atoms with E-state index in [2.05, 4.69) is 17.2 Å². The predicted octanol–water partition coefficient (Wildman–Crippen LogP) is 4.83. The molecule has 1 aromatic carbocycles. The first-order chi connectivity index (χ1) is 12.9. The second-order valence-corrected chi connectivity index (χ2v) is 7.12. The van der Waals surface area contributed by atoms with Gasteiger partial charge in [0, 0.05) is 22.5 Å². The highest BCUT2D eigenvalue weighted by Gasteiger charge is 2.15. The van der Waals surface area contributed by atoms with Crippen LogP contribution in [0.15, 0.2) is 30.3 Å². The van der Waals surface area contributed by atoms with Crippen LogP contribution in [0.2, 0.25) is 0 Å². The molecule has 7 heteroatoms. The number of carbonyl (C=O) groups is 1. The maximum atomic E-state index is 11.0. The van der Waals surface area contributed by atoms with Gasteiger partial charge in [0.1, 0.15) is 5.82 Å². The van der Waals surface area contributed by atoms with Gasteiger partial charge in [-0.25, -0.2) is 14.8 Å². The summed E-state index contributed by atoms with van der Waals surface area (Å²) in [5, 5.41) is 13.2. The standard InChI is InChI=1S/C20H21N3O3S/c1-5-15-12(3)21-18(16-10-11(2)20(26-4)27-16)23-17(15)22-14-8-6-13(7-9-14)19(24)25/h6-10H,5H2,1-4H3,(H,24,25)(H,21,22,23). The number of hydrogen-bond acceptors (Lipinski definition) is 6. The van der Waals surface area contributed by atoms with E-state index in [0.29, 0.717) is 5.82 Å². The van der Waals surface area contributed by atoms with Gasteiger partial charge < -0.3 is 15.2 Å². The van der Waals surface area contributed by atoms with Crippen molar-refractivity contribution in [2.24, 2.45) is 0 Å². The Labute approximate surface area is 161 Å². The fourth-order valence-electron chi connectivity index (χ4n) is 2.84. The van der Waals surface area contributed by atoms with E-state index < -0.39 is 5.97 Å². The highest BCUT2D eigenvalue weighted by Crippen LogP contribution is 2.36. The summed E-state index contributed by atoms with van der Waals surface area (Å²) in [5.41, 5.74) is 4.02. The van der Waals surface area contributed by atoms with Crippen molar-refractivity contribution >= 4 is 28.8 Å². The average molecular weight is 383 g/mol. The summed E-state index contributed by atoms with van der Waals surface area (Å²) in [5.74, 6) is 0.428. The third-order valence-electron chi connectivity index (χ3n) is 4.24. The van der Waals surface area contributed by atoms with E-state index in [4.69, 9.17) is 14.8 Å². The molecule has 0 spiro atoms. The van der Waals surface area contributed by atoms with Crippen LogP contribution < -0.4 is 10.1 Å². The molecule has 3 aromatic rings. The van der Waals surface area contributed by atoms with Gasteiger partial charge in [-0.05, 0) is 50.6 Å². The summed E-state index contributed by atoms with van der Waals surface area (Å²) in [6.45, 7) is 6.03. The molecule has 2 N–H and O–H groups in total. The number of aryl methyl sites for hydroxylation is 2. The number of aromatic nitrogens is 2. The number of nitrogens with zero attached hydrogens (tertiary/aromatic N) is 2. The van der Waals surface area contributed by atoms with Crippen LogP contribution in [0, 0.1) is 13.8 Å². The molecule has 0 aliphatic heterocycles. The summed E-state index contributed by atoms with van der Waals surface area (Å²) in [6, 6.07) is 8.63. The van der Waals surface area contributed by atoms with E-state index in [1.54, 1.807) is 31.4 Å². The van der Waals surface area contributed by atoms with E-state index in [9.17, 15) is 4.79 Å². The molecule has 0 saturated heterocycles. The van der Waals surface area contributed by atoms with Gasteiger partial charge in [-0.15, -0.1) is 0 Å². The van der Waals surface area contributed by atoms with Crippen LogP contribution in [0.1, 0.15) is 34.1 Å². The maximum absolute atomic E-state index is 11.0. The Morgan fingerprint density at radius 2 is 1.93 bits per heavy atom. The number of thiophene rings is 1. The maximum Gasteiger partial charge on any atom is 0.335 e. The number of rotatable bonds is 6. The third kappa shape index (κ3) is 3.93. The van der Waals surface area contributed by atoms with Gasteiger partial charge in [0.15, 0.2) is 10.9 Å². The lowest BCUT2D eigenvalue weighted by atomic mass is 10.1. The van der Waals surface area contributed by atoms with Crippen molar-refractivity contribution in [1.29, 1.82) is 0 Å². The Hall–Kier alpha value is -2.93. The third-order valence-corrected chi connectivity index (χ3v) is 5.43. The van der Waals surface area contributed by atoms with Crippen LogP contribution in [0.4, 0.5) is 11.5 Å². The van der Waals surface area contributed by atoms with E-state index in [1.165, 1.54) is 11.3 Å². The zero-order valence-electron chi connectivity index (χ0n) is 15.7. The smallest absolute Gasteiger partial charge is 0.335 e. The molecule has 0 atom stereocenters. The van der Waals surface area contributed by atoms with Gasteiger partial charge in [0.05, 0.1) is 17.6 Å². The lowest BCUT2D eigenvalue weighted by molar-refractivity contribution is 0.0697. The van der Waals surface area contributed by atoms with Crippen LogP contribution >= 0.6 is 11.3 Å². The first-order valence-corrected chi connectivity index (χ1v) is 9.37. The number of methoxy groups -OCH3 is 1. The monoisotopic (exact) mass is 383 g/mol. The molecule has 0 aliphatic carbocycles. The second kappa shape index (κ2) is 7.75. The highest BCUT2D eigenvalue weighted by molar-refractivity contribution is 7.17. The number of carboxylic acids is 1. The number of carboxylic acid groups (broad SMARTS) is 1. The minimum Gasteiger partial charge on any atom is -0.487 e. The van der Waals surface area contributed by atoms with Crippen molar-refractivity contribution in [2.75, 3.05) is 12.4 Å². The van der Waals surface area contributed by atoms with E-state index in [-0.39, 0.29) is 5.56 Å². The molecular formula is C20H21N3O3S. The number of anilines is 2. The molecule has 3 rings (SSSR count). The van der Waals surface area contributed by atoms with Crippen LogP contribution in [0.5, 0.6) is 5.06 Å².